The second-order valence-corrected chi connectivity index (χ2v) is 4.66. The number of halogens is 1. The standard InChI is InChI=1S/C14H16N4O.ClH/c1-18-13(7-9-16-18)17-14(19)11-4-2-6-12-10(11)5-3-8-15-12;/h2,4,6-7,9,15H,3,5,8H2,1H3,(H,17,19);1H. The normalized spacial score (nSPS) is 12.8. The van der Waals surface area contributed by atoms with Gasteiger partial charge >= 0.3 is 0 Å². The van der Waals surface area contributed by atoms with E-state index in [1.807, 2.05) is 18.2 Å². The summed E-state index contributed by atoms with van der Waals surface area (Å²) < 4.78 is 1.64. The topological polar surface area (TPSA) is 59.0 Å². The Morgan fingerprint density at radius 3 is 3.00 bits per heavy atom. The van der Waals surface area contributed by atoms with E-state index < -0.39 is 0 Å². The molecule has 1 aromatic carbocycles. The molecule has 1 aliphatic rings. The average molecular weight is 293 g/mol. The quantitative estimate of drug-likeness (QED) is 0.894. The molecule has 0 bridgehead atoms. The van der Waals surface area contributed by atoms with E-state index in [0.717, 1.165) is 36.2 Å². The molecule has 6 heteroatoms. The number of nitrogens with one attached hydrogen (secondary N) is 2. The minimum Gasteiger partial charge on any atom is -0.385 e. The van der Waals surface area contributed by atoms with Gasteiger partial charge in [0.1, 0.15) is 5.82 Å². The van der Waals surface area contributed by atoms with E-state index in [2.05, 4.69) is 15.7 Å². The Balaban J connectivity index is 0.00000147. The third-order valence-electron chi connectivity index (χ3n) is 3.40. The predicted octanol–water partition coefficient (Wildman–Crippen LogP) is 2.45. The van der Waals surface area contributed by atoms with Crippen LogP contribution in [0.3, 0.4) is 0 Å². The summed E-state index contributed by atoms with van der Waals surface area (Å²) in [5.74, 6) is 0.621. The molecule has 20 heavy (non-hydrogen) atoms. The number of rotatable bonds is 2. The van der Waals surface area contributed by atoms with E-state index >= 15 is 0 Å². The van der Waals surface area contributed by atoms with Crippen LogP contribution in [0.25, 0.3) is 0 Å². The van der Waals surface area contributed by atoms with Gasteiger partial charge in [-0.05, 0) is 30.5 Å². The van der Waals surface area contributed by atoms with Crippen LogP contribution < -0.4 is 10.6 Å². The van der Waals surface area contributed by atoms with E-state index in [4.69, 9.17) is 0 Å². The lowest BCUT2D eigenvalue weighted by molar-refractivity contribution is 0.102. The van der Waals surface area contributed by atoms with E-state index in [-0.39, 0.29) is 18.3 Å². The highest BCUT2D eigenvalue weighted by atomic mass is 35.5. The first kappa shape index (κ1) is 14.4. The van der Waals surface area contributed by atoms with E-state index in [1.54, 1.807) is 24.0 Å². The number of hydrogen-bond donors (Lipinski definition) is 2. The first-order valence-electron chi connectivity index (χ1n) is 6.41. The summed E-state index contributed by atoms with van der Waals surface area (Å²) in [6.45, 7) is 0.972. The van der Waals surface area contributed by atoms with Crippen LogP contribution in [0, 0.1) is 0 Å². The second kappa shape index (κ2) is 5.96. The Bertz CT molecular complexity index is 623. The monoisotopic (exact) mass is 292 g/mol. The number of hydrogen-bond acceptors (Lipinski definition) is 3. The fourth-order valence-electron chi connectivity index (χ4n) is 2.40. The third-order valence-corrected chi connectivity index (χ3v) is 3.40. The van der Waals surface area contributed by atoms with E-state index in [1.165, 1.54) is 0 Å². The van der Waals surface area contributed by atoms with Gasteiger partial charge in [-0.1, -0.05) is 6.07 Å². The summed E-state index contributed by atoms with van der Waals surface area (Å²) in [6.07, 6.45) is 3.66. The lowest BCUT2D eigenvalue weighted by Crippen LogP contribution is -2.20. The number of amides is 1. The molecule has 0 unspecified atom stereocenters. The van der Waals surface area contributed by atoms with Crippen molar-refractivity contribution in [2.75, 3.05) is 17.2 Å². The molecule has 0 saturated carbocycles. The average Bonchev–Trinajstić information content (AvgIpc) is 2.83. The highest BCUT2D eigenvalue weighted by Gasteiger charge is 2.17. The fourth-order valence-corrected chi connectivity index (χ4v) is 2.40. The van der Waals surface area contributed by atoms with Gasteiger partial charge in [-0.25, -0.2) is 0 Å². The lowest BCUT2D eigenvalue weighted by Gasteiger charge is -2.20. The molecule has 1 amide bonds. The van der Waals surface area contributed by atoms with Crippen molar-refractivity contribution in [3.8, 4) is 0 Å². The lowest BCUT2D eigenvalue weighted by atomic mass is 9.97. The maximum absolute atomic E-state index is 12.4. The van der Waals surface area contributed by atoms with Crippen molar-refractivity contribution in [3.05, 3.63) is 41.6 Å². The van der Waals surface area contributed by atoms with Gasteiger partial charge in [0.2, 0.25) is 0 Å². The number of fused-ring (bicyclic) bond motifs is 1. The van der Waals surface area contributed by atoms with Crippen molar-refractivity contribution in [1.29, 1.82) is 0 Å². The van der Waals surface area contributed by atoms with Crippen molar-refractivity contribution in [2.24, 2.45) is 7.05 Å². The number of benzene rings is 1. The smallest absolute Gasteiger partial charge is 0.257 e. The van der Waals surface area contributed by atoms with Gasteiger partial charge in [-0.15, -0.1) is 12.4 Å². The third kappa shape index (κ3) is 2.63. The number of carbonyl (C=O) groups is 1. The summed E-state index contributed by atoms with van der Waals surface area (Å²) in [7, 11) is 1.80. The number of nitrogens with zero attached hydrogens (tertiary/aromatic N) is 2. The molecule has 5 nitrogen and oxygen atoms in total. The minimum atomic E-state index is -0.0795. The fraction of sp³-hybridized carbons (Fsp3) is 0.286. The Labute approximate surface area is 123 Å². The van der Waals surface area contributed by atoms with Gasteiger partial charge in [-0.2, -0.15) is 5.10 Å². The molecule has 1 aromatic heterocycles. The molecule has 106 valence electrons. The molecule has 3 rings (SSSR count). The van der Waals surface area contributed by atoms with Gasteiger partial charge in [0.05, 0.1) is 6.20 Å². The maximum atomic E-state index is 12.4. The van der Waals surface area contributed by atoms with Crippen molar-refractivity contribution in [1.82, 2.24) is 9.78 Å². The van der Waals surface area contributed by atoms with Crippen LogP contribution in [0.2, 0.25) is 0 Å². The summed E-state index contributed by atoms with van der Waals surface area (Å²) in [4.78, 5) is 12.4. The van der Waals surface area contributed by atoms with Crippen LogP contribution >= 0.6 is 12.4 Å². The summed E-state index contributed by atoms with van der Waals surface area (Å²) in [6, 6.07) is 7.59. The van der Waals surface area contributed by atoms with Crippen LogP contribution in [0.15, 0.2) is 30.5 Å². The van der Waals surface area contributed by atoms with Gasteiger partial charge in [0, 0.05) is 30.9 Å². The molecular weight excluding hydrogens is 276 g/mol. The van der Waals surface area contributed by atoms with Crippen molar-refractivity contribution >= 4 is 29.8 Å². The zero-order chi connectivity index (χ0) is 13.2. The molecule has 0 saturated heterocycles. The minimum absolute atomic E-state index is 0. The van der Waals surface area contributed by atoms with E-state index in [9.17, 15) is 4.79 Å². The Morgan fingerprint density at radius 2 is 2.25 bits per heavy atom. The summed E-state index contributed by atoms with van der Waals surface area (Å²) in [5, 5.41) is 10.3. The first-order valence-corrected chi connectivity index (χ1v) is 6.41. The Hall–Kier alpha value is -2.01. The van der Waals surface area contributed by atoms with Crippen LogP contribution in [-0.4, -0.2) is 22.2 Å². The van der Waals surface area contributed by atoms with E-state index in [0.29, 0.717) is 5.82 Å². The SMILES string of the molecule is Cl.Cn1nccc1NC(=O)c1cccc2c1CCCN2. The van der Waals surface area contributed by atoms with Gasteiger partial charge in [-0.3, -0.25) is 9.48 Å². The largest absolute Gasteiger partial charge is 0.385 e. The van der Waals surface area contributed by atoms with Crippen LogP contribution in [0.1, 0.15) is 22.3 Å². The van der Waals surface area contributed by atoms with Gasteiger partial charge < -0.3 is 10.6 Å². The number of aryl methyl sites for hydroxylation is 1. The Kier molecular flexibility index (Phi) is 4.29. The van der Waals surface area contributed by atoms with Crippen LogP contribution in [-0.2, 0) is 13.5 Å². The van der Waals surface area contributed by atoms with Crippen LogP contribution in [0.5, 0.6) is 0 Å². The molecule has 0 radical (unpaired) electrons. The highest BCUT2D eigenvalue weighted by Crippen LogP contribution is 2.25. The molecule has 2 aromatic rings. The molecule has 2 N–H and O–H groups in total. The maximum Gasteiger partial charge on any atom is 0.257 e. The zero-order valence-electron chi connectivity index (χ0n) is 11.2. The Morgan fingerprint density at radius 1 is 1.40 bits per heavy atom. The molecule has 0 aliphatic carbocycles. The van der Waals surface area contributed by atoms with Gasteiger partial charge in [0.15, 0.2) is 0 Å². The zero-order valence-corrected chi connectivity index (χ0v) is 12.0. The molecule has 0 atom stereocenters. The van der Waals surface area contributed by atoms with Crippen molar-refractivity contribution < 1.29 is 4.79 Å². The van der Waals surface area contributed by atoms with Gasteiger partial charge in [0.25, 0.3) is 5.91 Å². The first-order chi connectivity index (χ1) is 9.25. The number of anilines is 2. The highest BCUT2D eigenvalue weighted by molar-refractivity contribution is 6.05. The molecule has 2 heterocycles. The molecular formula is C14H17ClN4O. The van der Waals surface area contributed by atoms with Crippen molar-refractivity contribution in [2.45, 2.75) is 12.8 Å². The number of aromatic nitrogens is 2. The summed E-state index contributed by atoms with van der Waals surface area (Å²) in [5.41, 5.74) is 2.92. The van der Waals surface area contributed by atoms with Crippen molar-refractivity contribution in [3.63, 3.8) is 0 Å². The number of carbonyl (C=O) groups excluding carboxylic acids is 1. The molecule has 0 spiro atoms. The predicted molar refractivity (Wildman–Crippen MR) is 81.7 cm³/mol. The second-order valence-electron chi connectivity index (χ2n) is 4.66. The molecule has 1 aliphatic heterocycles. The molecule has 0 fully saturated rings. The van der Waals surface area contributed by atoms with Crippen LogP contribution in [0.4, 0.5) is 11.5 Å². The summed E-state index contributed by atoms with van der Waals surface area (Å²) >= 11 is 0.